The van der Waals surface area contributed by atoms with Gasteiger partial charge in [0, 0.05) is 6.04 Å². The summed E-state index contributed by atoms with van der Waals surface area (Å²) in [7, 11) is 0. The van der Waals surface area contributed by atoms with Crippen LogP contribution < -0.4 is 10.1 Å². The molecule has 1 heterocycles. The Kier molecular flexibility index (Phi) is 4.53. The molecule has 4 heteroatoms. The molecule has 1 aromatic rings. The smallest absolute Gasteiger partial charge is 0.200 e. The molecule has 1 atom stereocenters. The van der Waals surface area contributed by atoms with Gasteiger partial charge in [-0.15, -0.1) is 0 Å². The van der Waals surface area contributed by atoms with Gasteiger partial charge in [0.25, 0.3) is 0 Å². The minimum absolute atomic E-state index is 0.00430. The average Bonchev–Trinajstić information content (AvgIpc) is 2.40. The van der Waals surface area contributed by atoms with E-state index in [1.165, 1.54) is 6.07 Å². The molecule has 1 saturated heterocycles. The van der Waals surface area contributed by atoms with Crippen LogP contribution in [0.1, 0.15) is 31.7 Å². The Labute approximate surface area is 106 Å². The van der Waals surface area contributed by atoms with Crippen LogP contribution in [0.4, 0.5) is 8.78 Å². The van der Waals surface area contributed by atoms with E-state index in [9.17, 15) is 8.78 Å². The second kappa shape index (κ2) is 6.14. The highest BCUT2D eigenvalue weighted by Gasteiger charge is 2.19. The van der Waals surface area contributed by atoms with Crippen molar-refractivity contribution in [3.63, 3.8) is 0 Å². The van der Waals surface area contributed by atoms with E-state index in [1.807, 2.05) is 0 Å². The van der Waals surface area contributed by atoms with Crippen LogP contribution in [0.2, 0.25) is 0 Å². The van der Waals surface area contributed by atoms with Gasteiger partial charge in [0.1, 0.15) is 0 Å². The number of benzene rings is 1. The van der Waals surface area contributed by atoms with Gasteiger partial charge < -0.3 is 10.1 Å². The van der Waals surface area contributed by atoms with Gasteiger partial charge >= 0.3 is 0 Å². The summed E-state index contributed by atoms with van der Waals surface area (Å²) in [6.45, 7) is 3.04. The van der Waals surface area contributed by atoms with Gasteiger partial charge in [-0.05, 0) is 44.4 Å². The lowest BCUT2D eigenvalue weighted by Crippen LogP contribution is -2.35. The van der Waals surface area contributed by atoms with Gasteiger partial charge in [0.2, 0.25) is 5.82 Å². The first-order chi connectivity index (χ1) is 8.72. The maximum atomic E-state index is 13.9. The molecule has 1 fully saturated rings. The number of rotatable bonds is 4. The largest absolute Gasteiger partial charge is 0.491 e. The Hall–Kier alpha value is -1.16. The number of nitrogens with one attached hydrogen (secondary N) is 1. The van der Waals surface area contributed by atoms with Crippen LogP contribution in [0.5, 0.6) is 5.75 Å². The third kappa shape index (κ3) is 2.99. The first kappa shape index (κ1) is 13.3. The molecule has 0 bridgehead atoms. The zero-order chi connectivity index (χ0) is 13.0. The van der Waals surface area contributed by atoms with Gasteiger partial charge in [-0.3, -0.25) is 0 Å². The summed E-state index contributed by atoms with van der Waals surface area (Å²) in [5.74, 6) is -1.64. The van der Waals surface area contributed by atoms with E-state index in [2.05, 4.69) is 5.32 Å². The third-order valence-electron chi connectivity index (χ3n) is 3.31. The fraction of sp³-hybridized carbons (Fsp3) is 0.571. The van der Waals surface area contributed by atoms with Crippen molar-refractivity contribution in [3.05, 3.63) is 29.3 Å². The Balaban J connectivity index is 2.10. The highest BCUT2D eigenvalue weighted by Crippen LogP contribution is 2.24. The molecule has 1 aliphatic heterocycles. The van der Waals surface area contributed by atoms with Crippen LogP contribution in [-0.2, 0) is 6.42 Å². The number of hydrogen-bond donors (Lipinski definition) is 1. The maximum Gasteiger partial charge on any atom is 0.200 e. The van der Waals surface area contributed by atoms with E-state index in [0.717, 1.165) is 25.8 Å². The summed E-state index contributed by atoms with van der Waals surface area (Å²) in [6, 6.07) is 3.39. The fourth-order valence-corrected chi connectivity index (χ4v) is 2.36. The van der Waals surface area contributed by atoms with E-state index in [0.29, 0.717) is 18.6 Å². The van der Waals surface area contributed by atoms with Gasteiger partial charge in [-0.2, -0.15) is 4.39 Å². The Bertz CT molecular complexity index is 403. The van der Waals surface area contributed by atoms with Crippen molar-refractivity contribution in [1.82, 2.24) is 5.32 Å². The second-order valence-corrected chi connectivity index (χ2v) is 4.63. The van der Waals surface area contributed by atoms with Gasteiger partial charge in [0.15, 0.2) is 11.6 Å². The standard InChI is InChI=1S/C14H19F2NO/c1-2-18-12-7-6-10(13(15)14(12)16)9-11-5-3-4-8-17-11/h6-7,11,17H,2-5,8-9H2,1H3. The van der Waals surface area contributed by atoms with E-state index >= 15 is 0 Å². The molecule has 0 saturated carbocycles. The lowest BCUT2D eigenvalue weighted by Gasteiger charge is -2.23. The number of ether oxygens (including phenoxy) is 1. The van der Waals surface area contributed by atoms with Crippen LogP contribution in [0.15, 0.2) is 12.1 Å². The van der Waals surface area contributed by atoms with Crippen LogP contribution >= 0.6 is 0 Å². The van der Waals surface area contributed by atoms with E-state index in [-0.39, 0.29) is 11.8 Å². The number of hydrogen-bond acceptors (Lipinski definition) is 2. The third-order valence-corrected chi connectivity index (χ3v) is 3.31. The zero-order valence-electron chi connectivity index (χ0n) is 10.6. The average molecular weight is 255 g/mol. The molecule has 0 amide bonds. The minimum atomic E-state index is -0.870. The first-order valence-electron chi connectivity index (χ1n) is 6.55. The van der Waals surface area contributed by atoms with Crippen LogP contribution in [0, 0.1) is 11.6 Å². The molecule has 1 aliphatic rings. The summed E-state index contributed by atoms with van der Waals surface area (Å²) >= 11 is 0. The highest BCUT2D eigenvalue weighted by molar-refractivity contribution is 5.31. The van der Waals surface area contributed by atoms with Gasteiger partial charge in [0.05, 0.1) is 6.61 Å². The first-order valence-corrected chi connectivity index (χ1v) is 6.55. The molecule has 2 nitrogen and oxygen atoms in total. The quantitative estimate of drug-likeness (QED) is 0.893. The molecule has 0 aliphatic carbocycles. The monoisotopic (exact) mass is 255 g/mol. The number of halogens is 2. The Morgan fingerprint density at radius 3 is 2.78 bits per heavy atom. The van der Waals surface area contributed by atoms with Crippen molar-refractivity contribution in [3.8, 4) is 5.75 Å². The molecule has 0 radical (unpaired) electrons. The molecule has 1 N–H and O–H groups in total. The number of piperidine rings is 1. The SMILES string of the molecule is CCOc1ccc(CC2CCCCN2)c(F)c1F. The lowest BCUT2D eigenvalue weighted by atomic mass is 9.97. The van der Waals surface area contributed by atoms with Crippen molar-refractivity contribution in [1.29, 1.82) is 0 Å². The molecule has 18 heavy (non-hydrogen) atoms. The fourth-order valence-electron chi connectivity index (χ4n) is 2.36. The summed E-state index contributed by atoms with van der Waals surface area (Å²) in [5, 5.41) is 3.33. The Morgan fingerprint density at radius 2 is 2.11 bits per heavy atom. The predicted molar refractivity (Wildman–Crippen MR) is 66.9 cm³/mol. The van der Waals surface area contributed by atoms with E-state index in [1.54, 1.807) is 13.0 Å². The van der Waals surface area contributed by atoms with Gasteiger partial charge in [-0.1, -0.05) is 12.5 Å². The summed E-state index contributed by atoms with van der Waals surface area (Å²) in [4.78, 5) is 0. The second-order valence-electron chi connectivity index (χ2n) is 4.63. The highest BCUT2D eigenvalue weighted by atomic mass is 19.2. The van der Waals surface area contributed by atoms with Crippen molar-refractivity contribution in [2.24, 2.45) is 0 Å². The maximum absolute atomic E-state index is 13.9. The zero-order valence-corrected chi connectivity index (χ0v) is 10.6. The molecular formula is C14H19F2NO. The van der Waals surface area contributed by atoms with Crippen LogP contribution in [-0.4, -0.2) is 19.2 Å². The summed E-state index contributed by atoms with van der Waals surface area (Å²) in [6.07, 6.45) is 3.87. The Morgan fingerprint density at radius 1 is 1.28 bits per heavy atom. The van der Waals surface area contributed by atoms with Crippen molar-refractivity contribution < 1.29 is 13.5 Å². The summed E-state index contributed by atoms with van der Waals surface area (Å²) < 4.78 is 32.6. The molecule has 1 unspecified atom stereocenters. The summed E-state index contributed by atoms with van der Waals surface area (Å²) in [5.41, 5.74) is 0.426. The normalized spacial score (nSPS) is 19.8. The van der Waals surface area contributed by atoms with Crippen LogP contribution in [0.25, 0.3) is 0 Å². The predicted octanol–water partition coefficient (Wildman–Crippen LogP) is 3.05. The molecule has 0 aromatic heterocycles. The van der Waals surface area contributed by atoms with Crippen molar-refractivity contribution in [2.45, 2.75) is 38.6 Å². The van der Waals surface area contributed by atoms with E-state index in [4.69, 9.17) is 4.74 Å². The molecule has 100 valence electrons. The van der Waals surface area contributed by atoms with E-state index < -0.39 is 11.6 Å². The molecule has 1 aromatic carbocycles. The van der Waals surface area contributed by atoms with Crippen molar-refractivity contribution >= 4 is 0 Å². The minimum Gasteiger partial charge on any atom is -0.491 e. The molecule has 0 spiro atoms. The molecular weight excluding hydrogens is 236 g/mol. The van der Waals surface area contributed by atoms with Crippen molar-refractivity contribution in [2.75, 3.05) is 13.2 Å². The van der Waals surface area contributed by atoms with Gasteiger partial charge in [-0.25, -0.2) is 4.39 Å². The topological polar surface area (TPSA) is 21.3 Å². The van der Waals surface area contributed by atoms with Crippen LogP contribution in [0.3, 0.4) is 0 Å². The molecule has 2 rings (SSSR count). The lowest BCUT2D eigenvalue weighted by molar-refractivity contribution is 0.312.